The first-order chi connectivity index (χ1) is 42.8. The smallest absolute Gasteiger partial charge is 0.319 e. The number of anilines is 1. The van der Waals surface area contributed by atoms with Gasteiger partial charge in [-0.3, -0.25) is 19.4 Å². The number of likely N-dealkylation sites (tertiary alicyclic amines) is 2. The van der Waals surface area contributed by atoms with Crippen molar-refractivity contribution in [2.45, 2.75) is 185 Å². The van der Waals surface area contributed by atoms with E-state index in [4.69, 9.17) is 25.9 Å². The zero-order valence-electron chi connectivity index (χ0n) is 51.5. The number of phenolic OH excluding ortho intramolecular Hbond substituents is 1. The number of aliphatic hydroxyl groups is 1. The minimum Gasteiger partial charge on any atom is -0.508 e. The fraction of sp³-hybridized carbons (Fsp3) is 0.544. The second-order valence-corrected chi connectivity index (χ2v) is 27.2. The van der Waals surface area contributed by atoms with Gasteiger partial charge in [-0.25, -0.2) is 18.2 Å². The maximum atomic E-state index is 17.1. The average Bonchev–Trinajstić information content (AvgIpc) is 1.47. The molecule has 3 unspecified atom stereocenters. The summed E-state index contributed by atoms with van der Waals surface area (Å²) in [6, 6.07) is 10.0. The third kappa shape index (κ3) is 14.7. The second kappa shape index (κ2) is 27.5. The van der Waals surface area contributed by atoms with E-state index in [0.717, 1.165) is 99.1 Å². The summed E-state index contributed by atoms with van der Waals surface area (Å²) in [5.41, 5.74) is 1.65. The van der Waals surface area contributed by atoms with Gasteiger partial charge in [0.1, 0.15) is 52.5 Å². The molecule has 7 heterocycles. The lowest BCUT2D eigenvalue weighted by molar-refractivity contribution is -0.145. The van der Waals surface area contributed by atoms with Gasteiger partial charge in [-0.2, -0.15) is 9.97 Å². The summed E-state index contributed by atoms with van der Waals surface area (Å²) in [6.45, 7) is 12.1. The normalized spacial score (nSPS) is 20.4. The van der Waals surface area contributed by atoms with Crippen molar-refractivity contribution in [3.63, 3.8) is 0 Å². The Hall–Kier alpha value is -7.12. The van der Waals surface area contributed by atoms with Gasteiger partial charge in [0.2, 0.25) is 11.8 Å². The second-order valence-electron chi connectivity index (χ2n) is 26.2. The molecular formula is C68H83F3N10O7S. The lowest BCUT2D eigenvalue weighted by atomic mass is 9.85. The van der Waals surface area contributed by atoms with Gasteiger partial charge in [-0.1, -0.05) is 96.3 Å². The number of carbonyl (C=O) groups excluding carboxylic acids is 3. The molecule has 3 aromatic carbocycles. The summed E-state index contributed by atoms with van der Waals surface area (Å²) in [7, 11) is 0. The lowest BCUT2D eigenvalue weighted by Gasteiger charge is -2.35. The molecule has 2 bridgehead atoms. The van der Waals surface area contributed by atoms with Crippen molar-refractivity contribution in [3.8, 4) is 52.4 Å². The highest BCUT2D eigenvalue weighted by molar-refractivity contribution is 7.10. The summed E-state index contributed by atoms with van der Waals surface area (Å²) in [4.78, 5) is 66.4. The van der Waals surface area contributed by atoms with E-state index >= 15 is 8.78 Å². The Kier molecular flexibility index (Phi) is 19.6. The van der Waals surface area contributed by atoms with Crippen molar-refractivity contribution >= 4 is 56.6 Å². The van der Waals surface area contributed by atoms with Gasteiger partial charge in [0.15, 0.2) is 11.5 Å². The first-order valence-electron chi connectivity index (χ1n) is 31.9. The van der Waals surface area contributed by atoms with E-state index in [1.165, 1.54) is 61.3 Å². The first kappa shape index (κ1) is 63.4. The van der Waals surface area contributed by atoms with E-state index in [1.807, 2.05) is 30.6 Å². The number of nitrogens with zero attached hydrogens (tertiary/aromatic N) is 7. The quantitative estimate of drug-likeness (QED) is 0.0267. The number of pyridine rings is 1. The van der Waals surface area contributed by atoms with Crippen LogP contribution in [0.15, 0.2) is 54.2 Å². The number of unbranched alkanes of at least 4 members (excludes halogenated alkanes) is 9. The third-order valence-corrected chi connectivity index (χ3v) is 19.2. The molecule has 4 saturated heterocycles. The van der Waals surface area contributed by atoms with Gasteiger partial charge in [-0.05, 0) is 99.9 Å². The van der Waals surface area contributed by atoms with Gasteiger partial charge in [-0.15, -0.1) is 17.8 Å². The van der Waals surface area contributed by atoms with E-state index in [0.29, 0.717) is 54.1 Å². The molecule has 0 radical (unpaired) electrons. The summed E-state index contributed by atoms with van der Waals surface area (Å²) in [6.07, 6.45) is 21.4. The molecule has 89 heavy (non-hydrogen) atoms. The highest BCUT2D eigenvalue weighted by Crippen LogP contribution is 2.42. The van der Waals surface area contributed by atoms with E-state index < -0.39 is 58.6 Å². The lowest BCUT2D eigenvalue weighted by Crippen LogP contribution is -2.59. The van der Waals surface area contributed by atoms with Crippen LogP contribution in [0.5, 0.6) is 17.5 Å². The van der Waals surface area contributed by atoms with Crippen LogP contribution in [0, 0.1) is 36.3 Å². The van der Waals surface area contributed by atoms with Gasteiger partial charge >= 0.3 is 6.01 Å². The molecule has 11 rings (SSSR count). The largest absolute Gasteiger partial charge is 0.508 e. The fourth-order valence-electron chi connectivity index (χ4n) is 13.2. The third-order valence-electron chi connectivity index (χ3n) is 18.4. The Bertz CT molecular complexity index is 3590. The number of hydrogen-bond acceptors (Lipinski definition) is 15. The van der Waals surface area contributed by atoms with E-state index in [2.05, 4.69) is 41.6 Å². The highest BCUT2D eigenvalue weighted by Gasteiger charge is 2.53. The van der Waals surface area contributed by atoms with Gasteiger partial charge < -0.3 is 50.3 Å². The number of benzene rings is 3. The number of fused-ring (bicyclic) bond motifs is 4. The molecule has 4 aliphatic heterocycles. The number of aromatic nitrogens is 4. The van der Waals surface area contributed by atoms with Crippen LogP contribution in [0.25, 0.3) is 44.2 Å². The number of hydrogen-bond donors (Lipinski definition) is 5. The molecule has 5 atom stereocenters. The molecule has 5 N–H and O–H groups in total. The predicted molar refractivity (Wildman–Crippen MR) is 338 cm³/mol. The van der Waals surface area contributed by atoms with Crippen LogP contribution in [-0.2, 0) is 20.9 Å². The number of aromatic hydroxyl groups is 1. The summed E-state index contributed by atoms with van der Waals surface area (Å²) in [5.74, 6) is 0.320. The van der Waals surface area contributed by atoms with Crippen LogP contribution in [0.4, 0.5) is 19.0 Å². The molecule has 5 aliphatic rings. The van der Waals surface area contributed by atoms with Crippen molar-refractivity contribution in [3.05, 3.63) is 81.8 Å². The number of rotatable bonds is 25. The topological polar surface area (TPSA) is 208 Å². The summed E-state index contributed by atoms with van der Waals surface area (Å²) < 4.78 is 59.8. The average molecular weight is 1240 g/mol. The number of carbonyl (C=O) groups is 3. The van der Waals surface area contributed by atoms with Crippen LogP contribution in [0.1, 0.15) is 146 Å². The van der Waals surface area contributed by atoms with Gasteiger partial charge in [0.05, 0.1) is 34.9 Å². The number of amides is 3. The number of ether oxygens (including phenoxy) is 2. The molecule has 0 spiro atoms. The number of thiazole rings is 1. The number of alkyl halides is 1. The van der Waals surface area contributed by atoms with E-state index in [-0.39, 0.29) is 77.9 Å². The highest BCUT2D eigenvalue weighted by atomic mass is 32.1. The van der Waals surface area contributed by atoms with Gasteiger partial charge in [0.25, 0.3) is 5.91 Å². The van der Waals surface area contributed by atoms with Crippen molar-refractivity contribution < 1.29 is 47.2 Å². The number of phenols is 1. The van der Waals surface area contributed by atoms with Crippen molar-refractivity contribution in [1.82, 2.24) is 45.7 Å². The molecule has 21 heteroatoms. The van der Waals surface area contributed by atoms with Crippen molar-refractivity contribution in [1.29, 1.82) is 0 Å². The monoisotopic (exact) mass is 1240 g/mol. The number of aryl methyl sites for hydroxylation is 1. The molecular weight excluding hydrogens is 1160 g/mol. The number of piperazine rings is 1. The molecule has 3 aromatic heterocycles. The minimum atomic E-state index is -1.97. The first-order valence-corrected chi connectivity index (χ1v) is 32.8. The number of halogens is 3. The number of aliphatic hydroxyl groups excluding tert-OH is 1. The summed E-state index contributed by atoms with van der Waals surface area (Å²) in [5, 5.41) is 31.8. The molecule has 1 saturated carbocycles. The zero-order chi connectivity index (χ0) is 62.6. The van der Waals surface area contributed by atoms with E-state index in [1.54, 1.807) is 38.3 Å². The van der Waals surface area contributed by atoms with Crippen LogP contribution < -0.4 is 30.3 Å². The molecule has 17 nitrogen and oxygen atoms in total. The number of nitrogens with one attached hydrogen (secondary N) is 3. The minimum absolute atomic E-state index is 0.0355. The Labute approximate surface area is 523 Å². The van der Waals surface area contributed by atoms with Crippen LogP contribution in [0.3, 0.4) is 0 Å². The van der Waals surface area contributed by atoms with Crippen molar-refractivity contribution in [2.75, 3.05) is 50.8 Å². The van der Waals surface area contributed by atoms with Crippen LogP contribution in [-0.4, -0.2) is 146 Å². The molecule has 1 aliphatic carbocycles. The molecule has 5 fully saturated rings. The predicted octanol–water partition coefficient (Wildman–Crippen LogP) is 10.6. The summed E-state index contributed by atoms with van der Waals surface area (Å²) >= 11 is 1.57. The SMILES string of the molecule is C#Cc1c(F)ccc2cc(O)cc(-c3ncc4c(N5CC6CCC(C5)N6)nc(OC5CCN(CCCCCCCCCCCCOc6cc(-c7ncsc7C)ccc6CNC(=O)[C@@H]6C[C@@H](O)CN6C(=O)C(NC(=O)C6(F)CC6)C(C)(C)C)CC5)nc4c3F)c12. The maximum Gasteiger partial charge on any atom is 0.319 e. The Morgan fingerprint density at radius 3 is 2.28 bits per heavy atom. The van der Waals surface area contributed by atoms with Gasteiger partial charge in [0, 0.05) is 90.9 Å². The number of β-amino-alcohol motifs (C(OH)–C–C–N with tert-alkyl or cyclic N) is 1. The molecule has 474 valence electrons. The number of terminal acetylenes is 1. The van der Waals surface area contributed by atoms with E-state index in [9.17, 15) is 29.0 Å². The van der Waals surface area contributed by atoms with Crippen molar-refractivity contribution in [2.24, 2.45) is 5.41 Å². The Morgan fingerprint density at radius 2 is 1.61 bits per heavy atom. The standard InChI is InChI=1S/C68H83F3N10O7S/c1-6-50-53(69)22-19-42-31-47(82)33-51(56(42)50)59-57(70)60-52(36-72-59)62(80-37-45-20-21-46(38-80)75-45)78-66(76-60)88-49-23-28-79(29-24-49)27-15-13-11-9-7-8-10-12-14-16-30-87-55-32-43(58-41(2)89-40-74-58)17-18-44(55)35-73-63(84)54-34-48(83)39-81(54)64(85)61(67(3,4)5)77-65(86)68(71)25-26-68/h1,17-19,22,31-33,36,40,45-46,48-49,54,61,75,82-83H,7-16,20-21,23-30,34-35,37-39H2,2-5H3,(H,73,84)(H,77,86)/t45?,46?,48-,54+,61?/m1/s1. The zero-order valence-corrected chi connectivity index (χ0v) is 52.3. The fourth-order valence-corrected chi connectivity index (χ4v) is 13.8. The maximum absolute atomic E-state index is 17.1. The molecule has 3 amide bonds. The Morgan fingerprint density at radius 1 is 0.899 bits per heavy atom. The van der Waals surface area contributed by atoms with Crippen LogP contribution >= 0.6 is 11.3 Å². The molecule has 6 aromatic rings. The Balaban J connectivity index is 0.607. The number of piperidine rings is 1. The van der Waals surface area contributed by atoms with Crippen LogP contribution in [0.2, 0.25) is 0 Å².